The molecule has 54 heavy (non-hydrogen) atoms. The van der Waals surface area contributed by atoms with Crippen molar-refractivity contribution in [2.45, 2.75) is 71.4 Å². The van der Waals surface area contributed by atoms with Crippen LogP contribution in [0.25, 0.3) is 33.6 Å². The number of rotatable bonds is 13. The first kappa shape index (κ1) is 41.0. The fraction of sp³-hybridized carbons (Fsp3) is 0.400. The van der Waals surface area contributed by atoms with Gasteiger partial charge in [-0.3, -0.25) is 14.7 Å². The number of methoxy groups -OCH3 is 2. The number of pyridine rings is 2. The predicted molar refractivity (Wildman–Crippen MR) is 212 cm³/mol. The molecule has 2 N–H and O–H groups in total. The van der Waals surface area contributed by atoms with Gasteiger partial charge in [-0.1, -0.05) is 65.1 Å². The average Bonchev–Trinajstić information content (AvgIpc) is 3.52. The second-order valence-electron chi connectivity index (χ2n) is 14.4. The monoisotopic (exact) mass is 797 g/mol. The number of carbonyl (C=O) groups excluding carboxylic acids is 2. The molecule has 1 saturated heterocycles. The third-order valence-corrected chi connectivity index (χ3v) is 9.91. The largest absolute Gasteiger partial charge is 0.496 e. The van der Waals surface area contributed by atoms with Crippen molar-refractivity contribution in [2.24, 2.45) is 0 Å². The lowest BCUT2D eigenvalue weighted by Gasteiger charge is -2.29. The highest BCUT2D eigenvalue weighted by Gasteiger charge is 2.30. The Morgan fingerprint density at radius 2 is 1.74 bits per heavy atom. The number of ether oxygens (including phenoxy) is 3. The van der Waals surface area contributed by atoms with E-state index in [0.29, 0.717) is 80.4 Å². The third-order valence-electron chi connectivity index (χ3n) is 8.78. The molecule has 3 heterocycles. The summed E-state index contributed by atoms with van der Waals surface area (Å²) in [6.45, 7) is 8.49. The highest BCUT2D eigenvalue weighted by Crippen LogP contribution is 2.43. The fourth-order valence-corrected chi connectivity index (χ4v) is 7.28. The van der Waals surface area contributed by atoms with Gasteiger partial charge in [-0.2, -0.15) is 0 Å². The van der Waals surface area contributed by atoms with E-state index in [0.717, 1.165) is 11.1 Å². The molecule has 1 aliphatic heterocycles. The number of benzene rings is 2. The molecule has 0 saturated carbocycles. The number of nitrogens with one attached hydrogen (secondary N) is 1. The summed E-state index contributed by atoms with van der Waals surface area (Å²) in [6, 6.07) is 14.6. The van der Waals surface area contributed by atoms with Crippen LogP contribution >= 0.6 is 34.8 Å². The molecule has 11 nitrogen and oxygen atoms in total. The lowest BCUT2D eigenvalue weighted by Crippen LogP contribution is -2.43. The zero-order chi connectivity index (χ0) is 39.3. The molecular weight excluding hydrogens is 753 g/mol. The SMILES string of the molecule is COc1cc(-c2nccc(-c3cccc(-c4cc(Cl)c(CN(C[C@@H]5CCC(=O)N5)C(=O)OC(C)(C)C)c(OC)n4)c3Cl)c2Cl)ccc1CN(C)CC(C)O. The van der Waals surface area contributed by atoms with Crippen LogP contribution in [0.5, 0.6) is 11.6 Å². The minimum absolute atomic E-state index is 0.0318. The van der Waals surface area contributed by atoms with E-state index in [1.165, 1.54) is 12.0 Å². The van der Waals surface area contributed by atoms with Crippen molar-refractivity contribution in [2.75, 3.05) is 34.4 Å². The molecule has 4 aromatic rings. The first-order valence-corrected chi connectivity index (χ1v) is 18.7. The Bertz CT molecular complexity index is 2000. The Labute approximate surface area is 331 Å². The quantitative estimate of drug-likeness (QED) is 0.137. The van der Waals surface area contributed by atoms with E-state index in [-0.39, 0.29) is 30.9 Å². The van der Waals surface area contributed by atoms with Crippen LogP contribution in [0.1, 0.15) is 51.7 Å². The van der Waals surface area contributed by atoms with Crippen LogP contribution in [0.3, 0.4) is 0 Å². The summed E-state index contributed by atoms with van der Waals surface area (Å²) in [5.74, 6) is 0.826. The van der Waals surface area contributed by atoms with Crippen molar-refractivity contribution in [3.05, 3.63) is 80.9 Å². The van der Waals surface area contributed by atoms with Crippen LogP contribution in [-0.4, -0.2) is 89.0 Å². The highest BCUT2D eigenvalue weighted by atomic mass is 35.5. The summed E-state index contributed by atoms with van der Waals surface area (Å²) in [4.78, 5) is 38.2. The first-order chi connectivity index (χ1) is 25.6. The summed E-state index contributed by atoms with van der Waals surface area (Å²) >= 11 is 21.1. The molecule has 1 unspecified atom stereocenters. The number of nitrogens with zero attached hydrogens (tertiary/aromatic N) is 4. The van der Waals surface area contributed by atoms with Gasteiger partial charge in [-0.15, -0.1) is 0 Å². The molecule has 1 fully saturated rings. The van der Waals surface area contributed by atoms with Crippen LogP contribution in [0.2, 0.25) is 15.1 Å². The van der Waals surface area contributed by atoms with E-state index in [9.17, 15) is 14.7 Å². The van der Waals surface area contributed by atoms with Gasteiger partial charge in [-0.25, -0.2) is 9.78 Å². The maximum atomic E-state index is 13.3. The number of carbonyl (C=O) groups is 2. The highest BCUT2D eigenvalue weighted by molar-refractivity contribution is 6.39. The Kier molecular flexibility index (Phi) is 13.3. The van der Waals surface area contributed by atoms with E-state index < -0.39 is 17.8 Å². The Morgan fingerprint density at radius 1 is 1.02 bits per heavy atom. The van der Waals surface area contributed by atoms with Crippen LogP contribution in [0, 0.1) is 0 Å². The lowest BCUT2D eigenvalue weighted by molar-refractivity contribution is -0.119. The van der Waals surface area contributed by atoms with Crippen molar-refractivity contribution >= 4 is 46.8 Å². The molecule has 288 valence electrons. The smallest absolute Gasteiger partial charge is 0.410 e. The van der Waals surface area contributed by atoms with Crippen LogP contribution in [0.15, 0.2) is 54.7 Å². The fourth-order valence-electron chi connectivity index (χ4n) is 6.39. The van der Waals surface area contributed by atoms with Crippen molar-refractivity contribution in [3.8, 4) is 45.3 Å². The zero-order valence-electron chi connectivity index (χ0n) is 31.5. The Hall–Kier alpha value is -4.13. The van der Waals surface area contributed by atoms with E-state index in [1.807, 2.05) is 48.3 Å². The van der Waals surface area contributed by atoms with Crippen molar-refractivity contribution in [1.29, 1.82) is 0 Å². The van der Waals surface area contributed by atoms with Gasteiger partial charge in [0.25, 0.3) is 0 Å². The zero-order valence-corrected chi connectivity index (χ0v) is 33.8. The second-order valence-corrected chi connectivity index (χ2v) is 15.6. The number of aliphatic hydroxyl groups is 1. The normalized spacial score (nSPS) is 14.9. The molecule has 14 heteroatoms. The number of hydrogen-bond acceptors (Lipinski definition) is 9. The van der Waals surface area contributed by atoms with E-state index in [2.05, 4.69) is 10.3 Å². The number of hydrogen-bond donors (Lipinski definition) is 2. The van der Waals surface area contributed by atoms with Gasteiger partial charge in [0.15, 0.2) is 0 Å². The molecule has 2 aromatic carbocycles. The van der Waals surface area contributed by atoms with E-state index in [4.69, 9.17) is 54.0 Å². The van der Waals surface area contributed by atoms with Crippen molar-refractivity contribution < 1.29 is 28.9 Å². The van der Waals surface area contributed by atoms with E-state index in [1.54, 1.807) is 53.1 Å². The first-order valence-electron chi connectivity index (χ1n) is 17.6. The second kappa shape index (κ2) is 17.6. The molecule has 5 rings (SSSR count). The van der Waals surface area contributed by atoms with Gasteiger partial charge in [0.2, 0.25) is 11.8 Å². The lowest BCUT2D eigenvalue weighted by atomic mass is 9.99. The van der Waals surface area contributed by atoms with Gasteiger partial charge < -0.3 is 29.5 Å². The standard InChI is InChI=1S/C40H46Cl3N5O6/c1-23(49)19-47(5)20-25-12-11-24(17-33(25)52-6)37-36(43)28(15-16-44-37)27-9-8-10-29(35(27)42)32-18-31(41)30(38(46-32)53-7)22-48(39(51)54-40(2,3)4)21-26-13-14-34(50)45-26/h8-12,15-18,23,26,49H,13-14,19-22H2,1-7H3,(H,45,50)/t23?,26-/m0/s1. The maximum absolute atomic E-state index is 13.3. The minimum atomic E-state index is -0.737. The molecule has 0 bridgehead atoms. The number of likely N-dealkylation sites (N-methyl/N-ethyl adjacent to an activating group) is 1. The number of amides is 2. The number of aromatic nitrogens is 2. The summed E-state index contributed by atoms with van der Waals surface area (Å²) < 4.78 is 17.1. The molecule has 2 atom stereocenters. The molecule has 0 radical (unpaired) electrons. The van der Waals surface area contributed by atoms with Crippen molar-refractivity contribution in [1.82, 2.24) is 25.1 Å². The summed E-state index contributed by atoms with van der Waals surface area (Å²) in [5, 5.41) is 13.8. The maximum Gasteiger partial charge on any atom is 0.410 e. The van der Waals surface area contributed by atoms with E-state index >= 15 is 0 Å². The van der Waals surface area contributed by atoms with Gasteiger partial charge in [0.05, 0.1) is 58.9 Å². The predicted octanol–water partition coefficient (Wildman–Crippen LogP) is 8.28. The van der Waals surface area contributed by atoms with Crippen LogP contribution in [-0.2, 0) is 22.6 Å². The Balaban J connectivity index is 1.47. The van der Waals surface area contributed by atoms with Gasteiger partial charge in [0.1, 0.15) is 11.4 Å². The summed E-state index contributed by atoms with van der Waals surface area (Å²) in [7, 11) is 5.03. The molecule has 0 spiro atoms. The molecule has 1 aliphatic rings. The minimum Gasteiger partial charge on any atom is -0.496 e. The van der Waals surface area contributed by atoms with Gasteiger partial charge in [0, 0.05) is 66.1 Å². The molecule has 2 aromatic heterocycles. The molecule has 0 aliphatic carbocycles. The topological polar surface area (TPSA) is 126 Å². The Morgan fingerprint density at radius 3 is 2.39 bits per heavy atom. The van der Waals surface area contributed by atoms with Gasteiger partial charge in [-0.05, 0) is 59.4 Å². The third kappa shape index (κ3) is 9.94. The number of halogens is 3. The van der Waals surface area contributed by atoms with Crippen LogP contribution in [0.4, 0.5) is 4.79 Å². The van der Waals surface area contributed by atoms with Crippen LogP contribution < -0.4 is 14.8 Å². The summed E-state index contributed by atoms with van der Waals surface area (Å²) in [6.07, 6.45) is 1.67. The molecular formula is C40H46Cl3N5O6. The molecule has 2 amide bonds. The van der Waals surface area contributed by atoms with Crippen molar-refractivity contribution in [3.63, 3.8) is 0 Å². The van der Waals surface area contributed by atoms with Gasteiger partial charge >= 0.3 is 6.09 Å². The summed E-state index contributed by atoms with van der Waals surface area (Å²) in [5.41, 5.74) is 4.36. The average molecular weight is 799 g/mol. The number of aliphatic hydroxyl groups excluding tert-OH is 1.